The minimum Gasteiger partial charge on any atom is -0.344 e. The lowest BCUT2D eigenvalue weighted by Crippen LogP contribution is -2.57. The Kier molecular flexibility index (Phi) is 18.0. The molecule has 12 heteroatoms. The van der Waals surface area contributed by atoms with Crippen LogP contribution in [0.4, 0.5) is 0 Å². The highest BCUT2D eigenvalue weighted by molar-refractivity contribution is 6.02. The second-order valence-corrected chi connectivity index (χ2v) is 21.4. The van der Waals surface area contributed by atoms with Gasteiger partial charge in [0.2, 0.25) is 17.7 Å². The molecule has 384 valence electrons. The Labute approximate surface area is 427 Å². The molecule has 0 aromatic heterocycles. The Hall–Kier alpha value is -5.88. The topological polar surface area (TPSA) is 139 Å². The van der Waals surface area contributed by atoms with Crippen LogP contribution in [-0.2, 0) is 32.0 Å². The van der Waals surface area contributed by atoms with Gasteiger partial charge < -0.3 is 30.2 Å². The number of likely N-dealkylation sites (N-methyl/N-ethyl adjacent to an activating group) is 1. The molecule has 72 heavy (non-hydrogen) atoms. The predicted molar refractivity (Wildman–Crippen MR) is 283 cm³/mol. The fraction of sp³-hybridized carbons (Fsp3) is 0.533. The normalized spacial score (nSPS) is 19.7. The molecule has 0 bridgehead atoms. The maximum atomic E-state index is 14.8. The van der Waals surface area contributed by atoms with Gasteiger partial charge in [0.25, 0.3) is 11.8 Å². The zero-order valence-corrected chi connectivity index (χ0v) is 43.2. The highest BCUT2D eigenvalue weighted by Crippen LogP contribution is 2.38. The van der Waals surface area contributed by atoms with Crippen molar-refractivity contribution in [3.63, 3.8) is 0 Å². The number of carbonyl (C=O) groups excluding carboxylic acids is 6. The molecule has 2 heterocycles. The monoisotopic (exact) mass is 979 g/mol. The number of likely N-dealkylation sites (tertiary alicyclic amines) is 2. The van der Waals surface area contributed by atoms with Gasteiger partial charge >= 0.3 is 0 Å². The number of benzene rings is 4. The van der Waals surface area contributed by atoms with Crippen molar-refractivity contribution < 1.29 is 28.8 Å². The second-order valence-electron chi connectivity index (χ2n) is 21.4. The van der Waals surface area contributed by atoms with E-state index >= 15 is 0 Å². The van der Waals surface area contributed by atoms with Gasteiger partial charge in [-0.2, -0.15) is 0 Å². The molecule has 2 aliphatic carbocycles. The summed E-state index contributed by atoms with van der Waals surface area (Å²) in [6.45, 7) is 8.71. The Bertz CT molecular complexity index is 2340. The highest BCUT2D eigenvalue weighted by Gasteiger charge is 2.43. The highest BCUT2D eigenvalue weighted by atomic mass is 16.2. The van der Waals surface area contributed by atoms with E-state index in [2.05, 4.69) is 34.9 Å². The molecule has 0 unspecified atom stereocenters. The van der Waals surface area contributed by atoms with Crippen molar-refractivity contribution >= 4 is 46.1 Å². The first-order chi connectivity index (χ1) is 34.9. The van der Waals surface area contributed by atoms with E-state index in [1.807, 2.05) is 113 Å². The molecule has 4 aromatic rings. The molecular formula is C60H78N6O6. The van der Waals surface area contributed by atoms with Crippen LogP contribution in [0.1, 0.15) is 130 Å². The van der Waals surface area contributed by atoms with E-state index in [-0.39, 0.29) is 83.5 Å². The summed E-state index contributed by atoms with van der Waals surface area (Å²) in [6, 6.07) is 30.5. The molecule has 12 nitrogen and oxygen atoms in total. The smallest absolute Gasteiger partial charge is 0.253 e. The number of hydrogen-bond donors (Lipinski definition) is 2. The number of ketones is 1. The van der Waals surface area contributed by atoms with E-state index < -0.39 is 6.04 Å². The lowest BCUT2D eigenvalue weighted by Gasteiger charge is -2.38. The number of carbonyl (C=O) groups is 6. The molecule has 2 saturated heterocycles. The number of fused-ring (bicyclic) bond motifs is 1. The van der Waals surface area contributed by atoms with Gasteiger partial charge in [0, 0.05) is 80.7 Å². The lowest BCUT2D eigenvalue weighted by atomic mass is 9.73. The summed E-state index contributed by atoms with van der Waals surface area (Å²) in [5.41, 5.74) is 3.33. The third-order valence-corrected chi connectivity index (χ3v) is 16.7. The zero-order chi connectivity index (χ0) is 50.7. The van der Waals surface area contributed by atoms with Crippen molar-refractivity contribution in [1.29, 1.82) is 0 Å². The van der Waals surface area contributed by atoms with Crippen molar-refractivity contribution in [3.05, 3.63) is 119 Å². The van der Waals surface area contributed by atoms with Gasteiger partial charge in [0.05, 0.1) is 6.04 Å². The van der Waals surface area contributed by atoms with Gasteiger partial charge in [0.15, 0.2) is 0 Å². The van der Waals surface area contributed by atoms with Gasteiger partial charge in [0.1, 0.15) is 11.8 Å². The summed E-state index contributed by atoms with van der Waals surface area (Å²) in [5.74, 6) is -0.375. The summed E-state index contributed by atoms with van der Waals surface area (Å²) in [5, 5.41) is 7.88. The van der Waals surface area contributed by atoms with E-state index in [0.717, 1.165) is 86.1 Å². The Morgan fingerprint density at radius 1 is 0.611 bits per heavy atom. The summed E-state index contributed by atoms with van der Waals surface area (Å²) in [4.78, 5) is 92.4. The molecule has 0 radical (unpaired) electrons. The summed E-state index contributed by atoms with van der Waals surface area (Å²) in [7, 11) is 1.78. The van der Waals surface area contributed by atoms with Crippen LogP contribution in [0.2, 0.25) is 0 Å². The third kappa shape index (κ3) is 12.6. The average molecular weight is 979 g/mol. The van der Waals surface area contributed by atoms with E-state index in [9.17, 15) is 28.8 Å². The Balaban J connectivity index is 1.00. The van der Waals surface area contributed by atoms with E-state index in [0.29, 0.717) is 69.7 Å². The van der Waals surface area contributed by atoms with Crippen LogP contribution in [0.25, 0.3) is 10.8 Å². The fourth-order valence-corrected chi connectivity index (χ4v) is 11.3. The van der Waals surface area contributed by atoms with Gasteiger partial charge in [-0.15, -0.1) is 0 Å². The van der Waals surface area contributed by atoms with Crippen LogP contribution < -0.4 is 10.6 Å². The molecule has 2 N–H and O–H groups in total. The minimum atomic E-state index is -0.547. The molecule has 8 rings (SSSR count). The maximum Gasteiger partial charge on any atom is 0.253 e. The summed E-state index contributed by atoms with van der Waals surface area (Å²) < 4.78 is 0. The van der Waals surface area contributed by atoms with Crippen LogP contribution >= 0.6 is 0 Å². The van der Waals surface area contributed by atoms with Crippen molar-refractivity contribution in [2.75, 3.05) is 46.3 Å². The van der Waals surface area contributed by atoms with Gasteiger partial charge in [-0.1, -0.05) is 99.5 Å². The summed E-state index contributed by atoms with van der Waals surface area (Å²) >= 11 is 0. The maximum absolute atomic E-state index is 14.8. The molecule has 4 fully saturated rings. The van der Waals surface area contributed by atoms with E-state index in [4.69, 9.17) is 0 Å². The fourth-order valence-electron chi connectivity index (χ4n) is 11.3. The zero-order valence-electron chi connectivity index (χ0n) is 43.2. The first-order valence-corrected chi connectivity index (χ1v) is 27.2. The number of nitrogens with one attached hydrogen (secondary N) is 2. The molecule has 4 aliphatic rings. The molecule has 2 saturated carbocycles. The SMILES string of the molecule is CC[C@@H](C)C(=O)N[C@H](C(=O)N1CCC[C@H]1CN(CCc1ccccc1)C(=O)c1ccc2cc(C(=O)N(CCc3ccccc3)C[C@@H]3CCCN3C(=O)[C@@H](CC(=O)[C@H](C)NC)C3CCC3)ccc2c1)C1CCC1. The number of hydrogen-bond acceptors (Lipinski definition) is 7. The minimum absolute atomic E-state index is 0.0289. The summed E-state index contributed by atoms with van der Waals surface area (Å²) in [6.07, 6.45) is 11.4. The number of amides is 5. The van der Waals surface area contributed by atoms with E-state index in [1.165, 1.54) is 0 Å². The number of nitrogens with zero attached hydrogens (tertiary/aromatic N) is 4. The lowest BCUT2D eigenvalue weighted by molar-refractivity contribution is -0.142. The van der Waals surface area contributed by atoms with Crippen molar-refractivity contribution in [2.24, 2.45) is 23.7 Å². The van der Waals surface area contributed by atoms with Crippen LogP contribution in [0.5, 0.6) is 0 Å². The standard InChI is InChI=1S/C60H78N6O6/c1-5-41(2)56(68)62-55(46-22-13-23-46)60(72)66-33-15-25-52(66)40-64(35-31-44-18-10-7-11-19-44)58(70)50-29-27-47-36-49(28-26-48(47)37-50)57(69)63(34-30-43-16-8-6-9-17-43)39-51-24-14-32-65(51)59(71)53(45-20-12-21-45)38-54(67)42(3)61-4/h6-11,16-19,26-29,36-37,41-42,45-46,51-53,55,61H,5,12-15,20-25,30-35,38-40H2,1-4H3,(H,62,68)/t41-,42+,51+,52+,53+,55+/m1/s1. The van der Waals surface area contributed by atoms with Crippen LogP contribution in [-0.4, -0.2) is 125 Å². The Morgan fingerprint density at radius 2 is 1.10 bits per heavy atom. The molecule has 4 aromatic carbocycles. The van der Waals surface area contributed by atoms with Gasteiger partial charge in [-0.3, -0.25) is 28.8 Å². The molecular weight excluding hydrogens is 901 g/mol. The first-order valence-electron chi connectivity index (χ1n) is 27.2. The number of Topliss-reactive ketones (excluding diaryl/α,β-unsaturated/α-hetero) is 1. The van der Waals surface area contributed by atoms with Crippen LogP contribution in [0.3, 0.4) is 0 Å². The van der Waals surface area contributed by atoms with Crippen molar-refractivity contribution in [3.8, 4) is 0 Å². The largest absolute Gasteiger partial charge is 0.344 e. The van der Waals surface area contributed by atoms with Crippen molar-refractivity contribution in [1.82, 2.24) is 30.2 Å². The van der Waals surface area contributed by atoms with Crippen LogP contribution in [0.15, 0.2) is 97.1 Å². The average Bonchev–Trinajstić information content (AvgIpc) is 4.06. The quantitative estimate of drug-likeness (QED) is 0.0760. The van der Waals surface area contributed by atoms with Gasteiger partial charge in [-0.25, -0.2) is 0 Å². The third-order valence-electron chi connectivity index (χ3n) is 16.7. The first kappa shape index (κ1) is 52.4. The second kappa shape index (κ2) is 24.7. The molecule has 0 spiro atoms. The molecule has 2 aliphatic heterocycles. The Morgan fingerprint density at radius 3 is 1.54 bits per heavy atom. The van der Waals surface area contributed by atoms with Crippen LogP contribution in [0, 0.1) is 23.7 Å². The molecule has 6 atom stereocenters. The van der Waals surface area contributed by atoms with Gasteiger partial charge in [-0.05, 0) is 143 Å². The predicted octanol–water partition coefficient (Wildman–Crippen LogP) is 8.51. The molecule has 5 amide bonds. The van der Waals surface area contributed by atoms with E-state index in [1.54, 1.807) is 7.05 Å². The number of rotatable bonds is 23. The van der Waals surface area contributed by atoms with Crippen molar-refractivity contribution in [2.45, 2.75) is 135 Å².